The zero-order chi connectivity index (χ0) is 14.5. The Morgan fingerprint density at radius 3 is 2.80 bits per heavy atom. The number of aromatic nitrogens is 1. The van der Waals surface area contributed by atoms with Crippen LogP contribution in [0.2, 0.25) is 0 Å². The second-order valence-electron chi connectivity index (χ2n) is 5.60. The van der Waals surface area contributed by atoms with Crippen LogP contribution in [0.15, 0.2) is 18.5 Å². The number of amides is 1. The molecule has 0 spiro atoms. The van der Waals surface area contributed by atoms with E-state index in [1.54, 1.807) is 0 Å². The minimum absolute atomic E-state index is 0.196. The molecule has 2 heterocycles. The Labute approximate surface area is 121 Å². The first-order valence-corrected chi connectivity index (χ1v) is 7.45. The van der Waals surface area contributed by atoms with Crippen LogP contribution in [0.25, 0.3) is 0 Å². The van der Waals surface area contributed by atoms with Crippen molar-refractivity contribution in [1.82, 2.24) is 14.4 Å². The molecular formula is C15H26N4O. The van der Waals surface area contributed by atoms with Crippen LogP contribution in [-0.4, -0.2) is 53.0 Å². The number of nitrogens with zero attached hydrogens (tertiary/aromatic N) is 3. The molecule has 0 bridgehead atoms. The lowest BCUT2D eigenvalue weighted by Gasteiger charge is -2.27. The van der Waals surface area contributed by atoms with Gasteiger partial charge in [-0.1, -0.05) is 0 Å². The standard InChI is InChI=1S/C15H26N4O/c1-13(14-5-9-17(2)12-14)18-7-3-8-19(11-10-18)15(20)4-6-16/h5,9,12-13H,3-4,6-8,10-11,16H2,1-2H3. The molecule has 5 nitrogen and oxygen atoms in total. The van der Waals surface area contributed by atoms with Gasteiger partial charge in [0.25, 0.3) is 0 Å². The van der Waals surface area contributed by atoms with Crippen LogP contribution < -0.4 is 5.73 Å². The molecule has 20 heavy (non-hydrogen) atoms. The molecule has 1 saturated heterocycles. The van der Waals surface area contributed by atoms with E-state index in [2.05, 4.69) is 34.9 Å². The molecule has 1 aliphatic rings. The minimum Gasteiger partial charge on any atom is -0.357 e. The Hall–Kier alpha value is -1.33. The van der Waals surface area contributed by atoms with Crippen LogP contribution in [0.1, 0.15) is 31.4 Å². The highest BCUT2D eigenvalue weighted by Gasteiger charge is 2.22. The average Bonchev–Trinajstić information content (AvgIpc) is 2.72. The van der Waals surface area contributed by atoms with Crippen LogP contribution >= 0.6 is 0 Å². The number of carbonyl (C=O) groups is 1. The normalized spacial score (nSPS) is 18.9. The number of nitrogens with two attached hydrogens (primary N) is 1. The Morgan fingerprint density at radius 2 is 2.15 bits per heavy atom. The van der Waals surface area contributed by atoms with Gasteiger partial charge in [0.05, 0.1) is 0 Å². The molecule has 1 fully saturated rings. The molecule has 0 aliphatic carbocycles. The molecule has 1 unspecified atom stereocenters. The number of carbonyl (C=O) groups excluding carboxylic acids is 1. The van der Waals surface area contributed by atoms with Crippen molar-refractivity contribution in [2.75, 3.05) is 32.7 Å². The lowest BCUT2D eigenvalue weighted by atomic mass is 10.1. The lowest BCUT2D eigenvalue weighted by Crippen LogP contribution is -2.36. The maximum absolute atomic E-state index is 11.9. The molecule has 1 aromatic rings. The first kappa shape index (κ1) is 15.1. The molecule has 5 heteroatoms. The van der Waals surface area contributed by atoms with Crippen molar-refractivity contribution < 1.29 is 4.79 Å². The van der Waals surface area contributed by atoms with Crippen molar-refractivity contribution in [3.8, 4) is 0 Å². The summed E-state index contributed by atoms with van der Waals surface area (Å²) in [5.41, 5.74) is 6.81. The predicted molar refractivity (Wildman–Crippen MR) is 80.3 cm³/mol. The minimum atomic E-state index is 0.196. The Bertz CT molecular complexity index is 443. The zero-order valence-corrected chi connectivity index (χ0v) is 12.6. The van der Waals surface area contributed by atoms with Crippen LogP contribution in [0.4, 0.5) is 0 Å². The molecule has 2 N–H and O–H groups in total. The Balaban J connectivity index is 1.93. The summed E-state index contributed by atoms with van der Waals surface area (Å²) in [6.45, 7) is 6.34. The summed E-state index contributed by atoms with van der Waals surface area (Å²) in [6.07, 6.45) is 5.76. The lowest BCUT2D eigenvalue weighted by molar-refractivity contribution is -0.130. The predicted octanol–water partition coefficient (Wildman–Crippen LogP) is 0.969. The van der Waals surface area contributed by atoms with Crippen LogP contribution in [-0.2, 0) is 11.8 Å². The van der Waals surface area contributed by atoms with Crippen LogP contribution in [0.3, 0.4) is 0 Å². The van der Waals surface area contributed by atoms with Gasteiger partial charge in [-0.05, 0) is 25.0 Å². The van der Waals surface area contributed by atoms with E-state index in [0.29, 0.717) is 19.0 Å². The highest BCUT2D eigenvalue weighted by molar-refractivity contribution is 5.76. The SMILES string of the molecule is CC(c1ccn(C)c1)N1CCCN(C(=O)CCN)CC1. The third-order valence-electron chi connectivity index (χ3n) is 4.13. The molecule has 1 aliphatic heterocycles. The number of hydrogen-bond donors (Lipinski definition) is 1. The number of hydrogen-bond acceptors (Lipinski definition) is 3. The molecule has 0 radical (unpaired) electrons. The summed E-state index contributed by atoms with van der Waals surface area (Å²) in [6, 6.07) is 2.58. The average molecular weight is 278 g/mol. The van der Waals surface area contributed by atoms with E-state index in [9.17, 15) is 4.79 Å². The highest BCUT2D eigenvalue weighted by Crippen LogP contribution is 2.21. The van der Waals surface area contributed by atoms with E-state index < -0.39 is 0 Å². The third-order valence-corrected chi connectivity index (χ3v) is 4.13. The second-order valence-corrected chi connectivity index (χ2v) is 5.60. The molecule has 0 aromatic carbocycles. The van der Waals surface area contributed by atoms with Gasteiger partial charge >= 0.3 is 0 Å². The van der Waals surface area contributed by atoms with Gasteiger partial charge in [0, 0.05) is 64.6 Å². The first-order valence-electron chi connectivity index (χ1n) is 7.45. The van der Waals surface area contributed by atoms with Crippen molar-refractivity contribution in [2.45, 2.75) is 25.8 Å². The van der Waals surface area contributed by atoms with Gasteiger partial charge in [0.1, 0.15) is 0 Å². The molecule has 1 amide bonds. The van der Waals surface area contributed by atoms with Crippen molar-refractivity contribution in [2.24, 2.45) is 12.8 Å². The van der Waals surface area contributed by atoms with E-state index in [-0.39, 0.29) is 5.91 Å². The maximum Gasteiger partial charge on any atom is 0.223 e. The first-order chi connectivity index (χ1) is 9.61. The van der Waals surface area contributed by atoms with Gasteiger partial charge in [0.2, 0.25) is 5.91 Å². The Morgan fingerprint density at radius 1 is 1.35 bits per heavy atom. The van der Waals surface area contributed by atoms with Gasteiger partial charge in [-0.3, -0.25) is 9.69 Å². The maximum atomic E-state index is 11.9. The summed E-state index contributed by atoms with van der Waals surface area (Å²) >= 11 is 0. The fourth-order valence-corrected chi connectivity index (χ4v) is 2.84. The molecule has 1 atom stereocenters. The van der Waals surface area contributed by atoms with E-state index >= 15 is 0 Å². The van der Waals surface area contributed by atoms with Gasteiger partial charge < -0.3 is 15.2 Å². The summed E-state index contributed by atoms with van der Waals surface area (Å²) < 4.78 is 2.08. The molecule has 2 rings (SSSR count). The summed E-state index contributed by atoms with van der Waals surface area (Å²) in [5, 5.41) is 0. The molecule has 1 aromatic heterocycles. The molecular weight excluding hydrogens is 252 g/mol. The van der Waals surface area contributed by atoms with Gasteiger partial charge in [0.15, 0.2) is 0 Å². The van der Waals surface area contributed by atoms with Gasteiger partial charge in [-0.25, -0.2) is 0 Å². The number of aryl methyl sites for hydroxylation is 1. The summed E-state index contributed by atoms with van der Waals surface area (Å²) in [7, 11) is 2.05. The van der Waals surface area contributed by atoms with Crippen molar-refractivity contribution >= 4 is 5.91 Å². The fourth-order valence-electron chi connectivity index (χ4n) is 2.84. The van der Waals surface area contributed by atoms with Crippen molar-refractivity contribution in [3.63, 3.8) is 0 Å². The van der Waals surface area contributed by atoms with E-state index in [1.807, 2.05) is 11.9 Å². The smallest absolute Gasteiger partial charge is 0.223 e. The van der Waals surface area contributed by atoms with E-state index in [0.717, 1.165) is 32.6 Å². The molecule has 112 valence electrons. The monoisotopic (exact) mass is 278 g/mol. The highest BCUT2D eigenvalue weighted by atomic mass is 16.2. The Kier molecular flexibility index (Phi) is 5.20. The van der Waals surface area contributed by atoms with Crippen molar-refractivity contribution in [1.29, 1.82) is 0 Å². The quantitative estimate of drug-likeness (QED) is 0.893. The largest absolute Gasteiger partial charge is 0.357 e. The fraction of sp³-hybridized carbons (Fsp3) is 0.667. The topological polar surface area (TPSA) is 54.5 Å². The number of rotatable bonds is 4. The van der Waals surface area contributed by atoms with E-state index in [4.69, 9.17) is 5.73 Å². The van der Waals surface area contributed by atoms with E-state index in [1.165, 1.54) is 5.56 Å². The zero-order valence-electron chi connectivity index (χ0n) is 12.6. The summed E-state index contributed by atoms with van der Waals surface area (Å²) in [5.74, 6) is 0.196. The second kappa shape index (κ2) is 6.90. The van der Waals surface area contributed by atoms with Crippen LogP contribution in [0, 0.1) is 0 Å². The van der Waals surface area contributed by atoms with Crippen LogP contribution in [0.5, 0.6) is 0 Å². The van der Waals surface area contributed by atoms with Crippen molar-refractivity contribution in [3.05, 3.63) is 24.0 Å². The summed E-state index contributed by atoms with van der Waals surface area (Å²) in [4.78, 5) is 16.4. The van der Waals surface area contributed by atoms with Gasteiger partial charge in [-0.2, -0.15) is 0 Å². The third kappa shape index (κ3) is 3.61. The molecule has 0 saturated carbocycles. The van der Waals surface area contributed by atoms with Gasteiger partial charge in [-0.15, -0.1) is 0 Å².